The van der Waals surface area contributed by atoms with Gasteiger partial charge in [-0.05, 0) is 31.2 Å². The first kappa shape index (κ1) is 20.7. The predicted octanol–water partition coefficient (Wildman–Crippen LogP) is 3.28. The summed E-state index contributed by atoms with van der Waals surface area (Å²) >= 11 is 0. The maximum atomic E-state index is 13.0. The Balaban J connectivity index is 1.34. The van der Waals surface area contributed by atoms with Crippen LogP contribution in [0.5, 0.6) is 0 Å². The van der Waals surface area contributed by atoms with Crippen LogP contribution < -0.4 is 5.32 Å². The highest BCUT2D eigenvalue weighted by atomic mass is 16.2. The first-order chi connectivity index (χ1) is 15.2. The molecule has 158 valence electrons. The van der Waals surface area contributed by atoms with Gasteiger partial charge in [-0.1, -0.05) is 60.7 Å². The molecule has 0 saturated carbocycles. The van der Waals surface area contributed by atoms with Gasteiger partial charge in [0, 0.05) is 24.8 Å². The summed E-state index contributed by atoms with van der Waals surface area (Å²) in [5, 5.41) is 2.93. The lowest BCUT2D eigenvalue weighted by Crippen LogP contribution is -2.41. The van der Waals surface area contributed by atoms with Crippen LogP contribution in [0.1, 0.15) is 34.5 Å². The summed E-state index contributed by atoms with van der Waals surface area (Å²) in [6.45, 7) is 1.19. The van der Waals surface area contributed by atoms with E-state index in [4.69, 9.17) is 0 Å². The Morgan fingerprint density at radius 1 is 1.03 bits per heavy atom. The van der Waals surface area contributed by atoms with Crippen LogP contribution in [0.4, 0.5) is 0 Å². The van der Waals surface area contributed by atoms with Crippen molar-refractivity contribution < 1.29 is 9.59 Å². The van der Waals surface area contributed by atoms with Crippen LogP contribution in [0.15, 0.2) is 66.9 Å². The number of nitrogens with zero attached hydrogens (tertiary/aromatic N) is 3. The van der Waals surface area contributed by atoms with Gasteiger partial charge in [0.25, 0.3) is 5.91 Å². The van der Waals surface area contributed by atoms with E-state index in [-0.39, 0.29) is 18.4 Å². The number of aromatic nitrogens is 2. The van der Waals surface area contributed by atoms with Gasteiger partial charge in [-0.25, -0.2) is 9.97 Å². The van der Waals surface area contributed by atoms with Crippen molar-refractivity contribution in [2.45, 2.75) is 25.7 Å². The normalized spacial score (nSPS) is 13.4. The van der Waals surface area contributed by atoms with Crippen molar-refractivity contribution in [3.05, 3.63) is 83.7 Å². The molecular weight excluding hydrogens is 388 g/mol. The molecular formula is C25H26N4O2. The molecule has 0 aliphatic carbocycles. The molecule has 1 aliphatic rings. The number of hydrogen-bond donors (Lipinski definition) is 1. The minimum atomic E-state index is -0.174. The summed E-state index contributed by atoms with van der Waals surface area (Å²) in [5.74, 6) is 0.315. The zero-order valence-corrected chi connectivity index (χ0v) is 17.5. The summed E-state index contributed by atoms with van der Waals surface area (Å²) in [6, 6.07) is 19.9. The quantitative estimate of drug-likeness (QED) is 0.602. The van der Waals surface area contributed by atoms with E-state index in [2.05, 4.69) is 27.4 Å². The molecule has 1 aliphatic heterocycles. The Morgan fingerprint density at radius 3 is 2.55 bits per heavy atom. The molecule has 0 atom stereocenters. The van der Waals surface area contributed by atoms with E-state index in [1.807, 2.05) is 48.5 Å². The molecule has 6 nitrogen and oxygen atoms in total. The first-order valence-electron chi connectivity index (χ1n) is 10.7. The molecule has 4 rings (SSSR count). The van der Waals surface area contributed by atoms with E-state index in [0.717, 1.165) is 30.5 Å². The molecule has 2 aromatic carbocycles. The number of amides is 2. The zero-order chi connectivity index (χ0) is 21.5. The second kappa shape index (κ2) is 9.98. The lowest BCUT2D eigenvalue weighted by atomic mass is 10.1. The van der Waals surface area contributed by atoms with E-state index in [9.17, 15) is 9.59 Å². The van der Waals surface area contributed by atoms with Gasteiger partial charge in [0.1, 0.15) is 0 Å². The molecule has 1 aromatic heterocycles. The molecule has 6 heteroatoms. The van der Waals surface area contributed by atoms with E-state index in [1.165, 1.54) is 5.56 Å². The second-order valence-corrected chi connectivity index (χ2v) is 7.69. The standard InChI is InChI=1S/C25H26N4O2/c30-23(26-15-7-11-19-9-3-1-4-10-19)18-29-16-8-14-22-21(25(29)31)17-27-24(28-22)20-12-5-2-6-13-20/h1-6,9-10,12-13,17H,7-8,11,14-16,18H2,(H,26,30). The first-order valence-corrected chi connectivity index (χ1v) is 10.7. The maximum absolute atomic E-state index is 13.0. The van der Waals surface area contributed by atoms with Crippen molar-refractivity contribution in [3.8, 4) is 11.4 Å². The van der Waals surface area contributed by atoms with Gasteiger partial charge < -0.3 is 10.2 Å². The third-order valence-corrected chi connectivity index (χ3v) is 5.40. The fourth-order valence-corrected chi connectivity index (χ4v) is 3.77. The highest BCUT2D eigenvalue weighted by Gasteiger charge is 2.25. The minimum absolute atomic E-state index is 0.0596. The fraction of sp³-hybridized carbons (Fsp3) is 0.280. The molecule has 2 heterocycles. The second-order valence-electron chi connectivity index (χ2n) is 7.69. The van der Waals surface area contributed by atoms with Crippen LogP contribution in [0.2, 0.25) is 0 Å². The molecule has 0 radical (unpaired) electrons. The van der Waals surface area contributed by atoms with Crippen molar-refractivity contribution in [1.82, 2.24) is 20.2 Å². The molecule has 1 N–H and O–H groups in total. The summed E-state index contributed by atoms with van der Waals surface area (Å²) in [4.78, 5) is 36.0. The number of fused-ring (bicyclic) bond motifs is 1. The smallest absolute Gasteiger partial charge is 0.257 e. The monoisotopic (exact) mass is 414 g/mol. The average molecular weight is 415 g/mol. The summed E-state index contributed by atoms with van der Waals surface area (Å²) in [6.07, 6.45) is 4.84. The van der Waals surface area contributed by atoms with Gasteiger partial charge in [0.05, 0.1) is 17.8 Å². The van der Waals surface area contributed by atoms with Gasteiger partial charge >= 0.3 is 0 Å². The lowest BCUT2D eigenvalue weighted by Gasteiger charge is -2.20. The van der Waals surface area contributed by atoms with Crippen molar-refractivity contribution in [1.29, 1.82) is 0 Å². The van der Waals surface area contributed by atoms with Gasteiger partial charge in [-0.15, -0.1) is 0 Å². The Kier molecular flexibility index (Phi) is 6.67. The van der Waals surface area contributed by atoms with E-state index >= 15 is 0 Å². The molecule has 31 heavy (non-hydrogen) atoms. The Labute approximate surface area is 182 Å². The topological polar surface area (TPSA) is 75.2 Å². The third-order valence-electron chi connectivity index (χ3n) is 5.40. The predicted molar refractivity (Wildman–Crippen MR) is 119 cm³/mol. The van der Waals surface area contributed by atoms with Gasteiger partial charge in [-0.2, -0.15) is 0 Å². The van der Waals surface area contributed by atoms with E-state index < -0.39 is 0 Å². The largest absolute Gasteiger partial charge is 0.355 e. The van der Waals surface area contributed by atoms with Crippen LogP contribution >= 0.6 is 0 Å². The van der Waals surface area contributed by atoms with Crippen molar-refractivity contribution in [3.63, 3.8) is 0 Å². The molecule has 0 spiro atoms. The minimum Gasteiger partial charge on any atom is -0.355 e. The Morgan fingerprint density at radius 2 is 1.77 bits per heavy atom. The molecule has 3 aromatic rings. The summed E-state index contributed by atoms with van der Waals surface area (Å²) in [7, 11) is 0. The van der Waals surface area contributed by atoms with Crippen LogP contribution in [-0.4, -0.2) is 46.3 Å². The van der Waals surface area contributed by atoms with Crippen LogP contribution in [0.3, 0.4) is 0 Å². The van der Waals surface area contributed by atoms with E-state index in [0.29, 0.717) is 30.9 Å². The number of hydrogen-bond acceptors (Lipinski definition) is 4. The molecule has 0 fully saturated rings. The number of carbonyl (C=O) groups is 2. The Bertz CT molecular complexity index is 1040. The SMILES string of the molecule is O=C(CN1CCCc2nc(-c3ccccc3)ncc2C1=O)NCCCc1ccccc1. The van der Waals surface area contributed by atoms with Gasteiger partial charge in [0.15, 0.2) is 5.82 Å². The number of benzene rings is 2. The third kappa shape index (κ3) is 5.34. The number of rotatable bonds is 7. The summed E-state index contributed by atoms with van der Waals surface area (Å²) < 4.78 is 0. The van der Waals surface area contributed by atoms with Crippen LogP contribution in [-0.2, 0) is 17.6 Å². The molecule has 0 bridgehead atoms. The fourth-order valence-electron chi connectivity index (χ4n) is 3.77. The van der Waals surface area contributed by atoms with Gasteiger partial charge in [-0.3, -0.25) is 9.59 Å². The van der Waals surface area contributed by atoms with Gasteiger partial charge in [0.2, 0.25) is 5.91 Å². The molecule has 0 saturated heterocycles. The highest BCUT2D eigenvalue weighted by molar-refractivity contribution is 5.97. The number of nitrogens with one attached hydrogen (secondary N) is 1. The summed E-state index contributed by atoms with van der Waals surface area (Å²) in [5.41, 5.74) is 3.43. The van der Waals surface area contributed by atoms with Crippen LogP contribution in [0.25, 0.3) is 11.4 Å². The number of aryl methyl sites for hydroxylation is 2. The number of carbonyl (C=O) groups excluding carboxylic acids is 2. The Hall–Kier alpha value is -3.54. The molecule has 0 unspecified atom stereocenters. The zero-order valence-electron chi connectivity index (χ0n) is 17.5. The van der Waals surface area contributed by atoms with Crippen molar-refractivity contribution in [2.75, 3.05) is 19.6 Å². The van der Waals surface area contributed by atoms with E-state index in [1.54, 1.807) is 11.1 Å². The molecule has 2 amide bonds. The van der Waals surface area contributed by atoms with Crippen LogP contribution in [0, 0.1) is 0 Å². The van der Waals surface area contributed by atoms with Crippen molar-refractivity contribution in [2.24, 2.45) is 0 Å². The maximum Gasteiger partial charge on any atom is 0.257 e. The average Bonchev–Trinajstić information content (AvgIpc) is 2.96. The highest BCUT2D eigenvalue weighted by Crippen LogP contribution is 2.20. The lowest BCUT2D eigenvalue weighted by molar-refractivity contribution is -0.121. The van der Waals surface area contributed by atoms with Crippen molar-refractivity contribution >= 4 is 11.8 Å².